The second-order valence-corrected chi connectivity index (χ2v) is 3.85. The summed E-state index contributed by atoms with van der Waals surface area (Å²) in [5.74, 6) is -2.46. The summed E-state index contributed by atoms with van der Waals surface area (Å²) in [6, 6.07) is 6.63. The second-order valence-electron chi connectivity index (χ2n) is 2.93. The summed E-state index contributed by atoms with van der Waals surface area (Å²) in [4.78, 5) is 22.1. The zero-order valence-corrected chi connectivity index (χ0v) is 9.11. The molecule has 0 bridgehead atoms. The number of Topliss-reactive ketones (excluding diaryl/α,β-unsaturated/α-hetero) is 1. The SMILES string of the molecule is CC(C(=O)O)C(=O)c1ccc(Br)cc1. The number of ketones is 1. The van der Waals surface area contributed by atoms with Gasteiger partial charge in [-0.1, -0.05) is 28.1 Å². The minimum absolute atomic E-state index is 0.370. The second kappa shape index (κ2) is 4.37. The van der Waals surface area contributed by atoms with Gasteiger partial charge in [-0.2, -0.15) is 0 Å². The van der Waals surface area contributed by atoms with Crippen molar-refractivity contribution in [2.24, 2.45) is 5.92 Å². The normalized spacial score (nSPS) is 12.1. The number of hydrogen-bond acceptors (Lipinski definition) is 2. The standard InChI is InChI=1S/C10H9BrO3/c1-6(10(13)14)9(12)7-2-4-8(11)5-3-7/h2-6H,1H3,(H,13,14). The first-order valence-electron chi connectivity index (χ1n) is 4.05. The number of aliphatic carboxylic acids is 1. The van der Waals surface area contributed by atoms with Crippen molar-refractivity contribution in [1.82, 2.24) is 0 Å². The number of carboxylic acid groups (broad SMARTS) is 1. The van der Waals surface area contributed by atoms with E-state index in [-0.39, 0.29) is 5.78 Å². The smallest absolute Gasteiger partial charge is 0.314 e. The Bertz CT molecular complexity index is 356. The van der Waals surface area contributed by atoms with Gasteiger partial charge in [0, 0.05) is 10.0 Å². The molecule has 0 aliphatic heterocycles. The minimum Gasteiger partial charge on any atom is -0.481 e. The van der Waals surface area contributed by atoms with Crippen LogP contribution in [0.3, 0.4) is 0 Å². The fourth-order valence-electron chi connectivity index (χ4n) is 0.976. The number of benzene rings is 1. The predicted molar refractivity (Wildman–Crippen MR) is 55.3 cm³/mol. The molecule has 0 saturated heterocycles. The van der Waals surface area contributed by atoms with Crippen LogP contribution in [0.1, 0.15) is 17.3 Å². The van der Waals surface area contributed by atoms with Crippen molar-refractivity contribution in [2.75, 3.05) is 0 Å². The Balaban J connectivity index is 2.90. The maximum Gasteiger partial charge on any atom is 0.314 e. The first-order valence-corrected chi connectivity index (χ1v) is 4.84. The highest BCUT2D eigenvalue weighted by Gasteiger charge is 2.21. The molecule has 1 rings (SSSR count). The molecule has 74 valence electrons. The Labute approximate surface area is 89.9 Å². The summed E-state index contributed by atoms with van der Waals surface area (Å²) in [6.45, 7) is 1.38. The van der Waals surface area contributed by atoms with Crippen molar-refractivity contribution in [3.8, 4) is 0 Å². The first kappa shape index (κ1) is 10.9. The zero-order chi connectivity index (χ0) is 10.7. The highest BCUT2D eigenvalue weighted by Crippen LogP contribution is 2.14. The largest absolute Gasteiger partial charge is 0.481 e. The molecule has 0 aliphatic rings. The number of carbonyl (C=O) groups is 2. The van der Waals surface area contributed by atoms with Crippen LogP contribution in [0.2, 0.25) is 0 Å². The van der Waals surface area contributed by atoms with Crippen LogP contribution in [-0.4, -0.2) is 16.9 Å². The minimum atomic E-state index is -1.10. The van der Waals surface area contributed by atoms with E-state index in [1.54, 1.807) is 24.3 Å². The average molecular weight is 257 g/mol. The van der Waals surface area contributed by atoms with Gasteiger partial charge in [-0.05, 0) is 19.1 Å². The number of halogens is 1. The third kappa shape index (κ3) is 2.42. The van der Waals surface area contributed by atoms with Gasteiger partial charge in [0.2, 0.25) is 0 Å². The highest BCUT2D eigenvalue weighted by molar-refractivity contribution is 9.10. The van der Waals surface area contributed by atoms with Gasteiger partial charge in [0.1, 0.15) is 5.92 Å². The third-order valence-corrected chi connectivity index (χ3v) is 2.42. The molecule has 0 aliphatic carbocycles. The summed E-state index contributed by atoms with van der Waals surface area (Å²) in [7, 11) is 0. The molecule has 0 fully saturated rings. The number of rotatable bonds is 3. The first-order chi connectivity index (χ1) is 6.52. The lowest BCUT2D eigenvalue weighted by Crippen LogP contribution is -2.20. The molecule has 1 unspecified atom stereocenters. The molecule has 4 heteroatoms. The Morgan fingerprint density at radius 1 is 1.29 bits per heavy atom. The Morgan fingerprint density at radius 3 is 2.21 bits per heavy atom. The van der Waals surface area contributed by atoms with E-state index in [9.17, 15) is 9.59 Å². The molecule has 1 aromatic rings. The van der Waals surface area contributed by atoms with E-state index in [0.717, 1.165) is 4.47 Å². The molecule has 0 heterocycles. The van der Waals surface area contributed by atoms with Crippen LogP contribution in [0.5, 0.6) is 0 Å². The summed E-state index contributed by atoms with van der Waals surface area (Å²) in [5, 5.41) is 8.64. The fraction of sp³-hybridized carbons (Fsp3) is 0.200. The van der Waals surface area contributed by atoms with E-state index >= 15 is 0 Å². The van der Waals surface area contributed by atoms with Gasteiger partial charge in [-0.25, -0.2) is 0 Å². The molecule has 1 aromatic carbocycles. The quantitative estimate of drug-likeness (QED) is 0.668. The predicted octanol–water partition coefficient (Wildman–Crippen LogP) is 2.35. The third-order valence-electron chi connectivity index (χ3n) is 1.89. The molecule has 0 radical (unpaired) electrons. The molecule has 0 saturated carbocycles. The Kier molecular flexibility index (Phi) is 3.41. The van der Waals surface area contributed by atoms with Crippen LogP contribution in [0.25, 0.3) is 0 Å². The summed E-state index contributed by atoms with van der Waals surface area (Å²) in [5.41, 5.74) is 0.420. The Morgan fingerprint density at radius 2 is 1.79 bits per heavy atom. The van der Waals surface area contributed by atoms with Crippen LogP contribution in [0.4, 0.5) is 0 Å². The summed E-state index contributed by atoms with van der Waals surface area (Å²) in [6.07, 6.45) is 0. The van der Waals surface area contributed by atoms with Gasteiger partial charge in [0.25, 0.3) is 0 Å². The van der Waals surface area contributed by atoms with E-state index in [1.807, 2.05) is 0 Å². The van der Waals surface area contributed by atoms with E-state index in [1.165, 1.54) is 6.92 Å². The monoisotopic (exact) mass is 256 g/mol. The van der Waals surface area contributed by atoms with Crippen LogP contribution in [0.15, 0.2) is 28.7 Å². The van der Waals surface area contributed by atoms with E-state index < -0.39 is 11.9 Å². The molecule has 1 atom stereocenters. The molecule has 0 aromatic heterocycles. The van der Waals surface area contributed by atoms with Crippen molar-refractivity contribution in [2.45, 2.75) is 6.92 Å². The van der Waals surface area contributed by atoms with Crippen molar-refractivity contribution >= 4 is 27.7 Å². The highest BCUT2D eigenvalue weighted by atomic mass is 79.9. The molecule has 1 N–H and O–H groups in total. The maximum atomic E-state index is 11.5. The van der Waals surface area contributed by atoms with E-state index in [2.05, 4.69) is 15.9 Å². The summed E-state index contributed by atoms with van der Waals surface area (Å²) < 4.78 is 0.858. The van der Waals surface area contributed by atoms with E-state index in [4.69, 9.17) is 5.11 Å². The number of hydrogen-bond donors (Lipinski definition) is 1. The van der Waals surface area contributed by atoms with Crippen LogP contribution >= 0.6 is 15.9 Å². The molecule has 14 heavy (non-hydrogen) atoms. The van der Waals surface area contributed by atoms with Gasteiger partial charge >= 0.3 is 5.97 Å². The fourth-order valence-corrected chi connectivity index (χ4v) is 1.24. The van der Waals surface area contributed by atoms with Gasteiger partial charge in [0.15, 0.2) is 5.78 Å². The lowest BCUT2D eigenvalue weighted by atomic mass is 10.00. The van der Waals surface area contributed by atoms with Gasteiger partial charge in [0.05, 0.1) is 0 Å². The molecule has 0 spiro atoms. The van der Waals surface area contributed by atoms with Crippen molar-refractivity contribution in [3.63, 3.8) is 0 Å². The van der Waals surface area contributed by atoms with Crippen molar-refractivity contribution < 1.29 is 14.7 Å². The van der Waals surface area contributed by atoms with Gasteiger partial charge in [-0.3, -0.25) is 9.59 Å². The lowest BCUT2D eigenvalue weighted by Gasteiger charge is -2.04. The van der Waals surface area contributed by atoms with Gasteiger partial charge < -0.3 is 5.11 Å². The number of carbonyl (C=O) groups excluding carboxylic acids is 1. The molecule has 3 nitrogen and oxygen atoms in total. The average Bonchev–Trinajstić information content (AvgIpc) is 2.16. The van der Waals surface area contributed by atoms with Crippen LogP contribution < -0.4 is 0 Å². The molecular formula is C10H9BrO3. The topological polar surface area (TPSA) is 54.4 Å². The van der Waals surface area contributed by atoms with Gasteiger partial charge in [-0.15, -0.1) is 0 Å². The zero-order valence-electron chi connectivity index (χ0n) is 7.53. The summed E-state index contributed by atoms with van der Waals surface area (Å²) >= 11 is 3.23. The number of carboxylic acids is 1. The van der Waals surface area contributed by atoms with Crippen LogP contribution in [-0.2, 0) is 4.79 Å². The Hall–Kier alpha value is -1.16. The van der Waals surface area contributed by atoms with Crippen molar-refractivity contribution in [1.29, 1.82) is 0 Å². The van der Waals surface area contributed by atoms with E-state index in [0.29, 0.717) is 5.56 Å². The lowest BCUT2D eigenvalue weighted by molar-refractivity contribution is -0.139. The van der Waals surface area contributed by atoms with Crippen LogP contribution in [0, 0.1) is 5.92 Å². The van der Waals surface area contributed by atoms with Crippen molar-refractivity contribution in [3.05, 3.63) is 34.3 Å². The maximum absolute atomic E-state index is 11.5. The molecule has 0 amide bonds. The molecular weight excluding hydrogens is 248 g/mol.